The van der Waals surface area contributed by atoms with E-state index >= 15 is 0 Å². The summed E-state index contributed by atoms with van der Waals surface area (Å²) in [6.07, 6.45) is 1.78. The number of nitrogens with one attached hydrogen (secondary N) is 1. The third-order valence-electron chi connectivity index (χ3n) is 3.19. The normalized spacial score (nSPS) is 10.3. The maximum atomic E-state index is 6.19. The molecule has 3 nitrogen and oxygen atoms in total. The van der Waals surface area contributed by atoms with Crippen LogP contribution in [0.2, 0.25) is 10.0 Å². The van der Waals surface area contributed by atoms with Gasteiger partial charge in [0.2, 0.25) is 0 Å². The number of benzene rings is 1. The first kappa shape index (κ1) is 17.8. The lowest BCUT2D eigenvalue weighted by Gasteiger charge is -2.03. The molecule has 0 spiro atoms. The molecule has 0 saturated carbocycles. The molecule has 6 heteroatoms. The third kappa shape index (κ3) is 4.72. The Morgan fingerprint density at radius 2 is 1.87 bits per heavy atom. The summed E-state index contributed by atoms with van der Waals surface area (Å²) in [4.78, 5) is 4.26. The first-order chi connectivity index (χ1) is 10.7. The zero-order valence-corrected chi connectivity index (χ0v) is 14.5. The molecule has 0 aliphatic rings. The molecule has 1 N–H and O–H groups in total. The van der Waals surface area contributed by atoms with E-state index in [1.165, 1.54) is 0 Å². The maximum absolute atomic E-state index is 6.19. The Morgan fingerprint density at radius 3 is 2.61 bits per heavy atom. The van der Waals surface area contributed by atoms with Crippen LogP contribution >= 0.6 is 35.6 Å². The number of aromatic nitrogens is 1. The molecule has 0 bridgehead atoms. The lowest BCUT2D eigenvalue weighted by atomic mass is 10.2. The van der Waals surface area contributed by atoms with Gasteiger partial charge in [0.25, 0.3) is 0 Å². The predicted octanol–water partition coefficient (Wildman–Crippen LogP) is 5.36. The van der Waals surface area contributed by atoms with Crippen LogP contribution in [0.4, 0.5) is 0 Å². The van der Waals surface area contributed by atoms with Gasteiger partial charge in [-0.05, 0) is 42.5 Å². The number of pyridine rings is 1. The van der Waals surface area contributed by atoms with Crippen LogP contribution in [0.3, 0.4) is 0 Å². The molecule has 0 radical (unpaired) electrons. The zero-order valence-electron chi connectivity index (χ0n) is 12.1. The van der Waals surface area contributed by atoms with Crippen molar-refractivity contribution in [1.29, 1.82) is 0 Å². The first-order valence-corrected chi connectivity index (χ1v) is 7.63. The molecule has 2 heterocycles. The smallest absolute Gasteiger partial charge is 0.135 e. The van der Waals surface area contributed by atoms with Gasteiger partial charge in [0.1, 0.15) is 11.5 Å². The molecule has 120 valence electrons. The van der Waals surface area contributed by atoms with Crippen molar-refractivity contribution in [3.63, 3.8) is 0 Å². The number of furan rings is 1. The third-order valence-corrected chi connectivity index (χ3v) is 3.74. The Kier molecular flexibility index (Phi) is 6.48. The van der Waals surface area contributed by atoms with Gasteiger partial charge < -0.3 is 9.73 Å². The van der Waals surface area contributed by atoms with E-state index in [0.29, 0.717) is 23.1 Å². The van der Waals surface area contributed by atoms with E-state index in [1.807, 2.05) is 36.4 Å². The lowest BCUT2D eigenvalue weighted by Crippen LogP contribution is -2.12. The van der Waals surface area contributed by atoms with Gasteiger partial charge >= 0.3 is 0 Å². The number of hydrogen-bond acceptors (Lipinski definition) is 3. The minimum absolute atomic E-state index is 0. The summed E-state index contributed by atoms with van der Waals surface area (Å²) in [6.45, 7) is 1.32. The fourth-order valence-electron chi connectivity index (χ4n) is 2.12. The minimum atomic E-state index is 0. The number of rotatable bonds is 5. The van der Waals surface area contributed by atoms with Gasteiger partial charge in [0.15, 0.2) is 0 Å². The zero-order chi connectivity index (χ0) is 15.4. The van der Waals surface area contributed by atoms with Crippen LogP contribution in [0.1, 0.15) is 11.5 Å². The van der Waals surface area contributed by atoms with E-state index in [2.05, 4.69) is 10.3 Å². The van der Waals surface area contributed by atoms with E-state index in [-0.39, 0.29) is 12.4 Å². The van der Waals surface area contributed by atoms with Crippen molar-refractivity contribution in [3.8, 4) is 11.3 Å². The van der Waals surface area contributed by atoms with Crippen molar-refractivity contribution in [2.45, 2.75) is 13.1 Å². The molecular formula is C17H15Cl3N2O. The molecule has 0 aliphatic heterocycles. The van der Waals surface area contributed by atoms with Gasteiger partial charge in [0.05, 0.1) is 17.3 Å². The maximum Gasteiger partial charge on any atom is 0.135 e. The van der Waals surface area contributed by atoms with E-state index < -0.39 is 0 Å². The highest BCUT2D eigenvalue weighted by Crippen LogP contribution is 2.31. The monoisotopic (exact) mass is 368 g/mol. The standard InChI is InChI=1S/C17H14Cl2N2O.ClH/c18-12-4-6-15(16(19)9-12)17-7-5-14(22-17)11-20-10-13-3-1-2-8-21-13;/h1-9,20H,10-11H2;1H. The second kappa shape index (κ2) is 8.37. The molecule has 0 unspecified atom stereocenters. The van der Waals surface area contributed by atoms with Gasteiger partial charge in [-0.15, -0.1) is 12.4 Å². The molecule has 0 aliphatic carbocycles. The fraction of sp³-hybridized carbons (Fsp3) is 0.118. The van der Waals surface area contributed by atoms with Crippen LogP contribution in [-0.4, -0.2) is 4.98 Å². The highest BCUT2D eigenvalue weighted by molar-refractivity contribution is 6.36. The Hall–Kier alpha value is -1.52. The molecule has 0 saturated heterocycles. The van der Waals surface area contributed by atoms with Crippen molar-refractivity contribution in [2.75, 3.05) is 0 Å². The Labute approximate surface area is 151 Å². The number of nitrogens with zero attached hydrogens (tertiary/aromatic N) is 1. The Balaban J connectivity index is 0.00000192. The quantitative estimate of drug-likeness (QED) is 0.658. The van der Waals surface area contributed by atoms with Gasteiger partial charge in [-0.3, -0.25) is 4.98 Å². The molecular weight excluding hydrogens is 355 g/mol. The second-order valence-electron chi connectivity index (χ2n) is 4.81. The Bertz CT molecular complexity index is 760. The van der Waals surface area contributed by atoms with Gasteiger partial charge in [-0.1, -0.05) is 29.3 Å². The number of hydrogen-bond donors (Lipinski definition) is 1. The first-order valence-electron chi connectivity index (χ1n) is 6.87. The molecule has 1 aromatic carbocycles. The summed E-state index contributed by atoms with van der Waals surface area (Å²) in [7, 11) is 0. The van der Waals surface area contributed by atoms with Gasteiger partial charge in [0, 0.05) is 23.3 Å². The van der Waals surface area contributed by atoms with Crippen LogP contribution in [0.15, 0.2) is 59.1 Å². The van der Waals surface area contributed by atoms with Crippen LogP contribution in [-0.2, 0) is 13.1 Å². The molecule has 0 atom stereocenters. The van der Waals surface area contributed by atoms with Crippen LogP contribution in [0, 0.1) is 0 Å². The van der Waals surface area contributed by atoms with Crippen molar-refractivity contribution in [3.05, 3.63) is 76.2 Å². The van der Waals surface area contributed by atoms with Crippen molar-refractivity contribution < 1.29 is 4.42 Å². The summed E-state index contributed by atoms with van der Waals surface area (Å²) in [6, 6.07) is 15.1. The molecule has 0 fully saturated rings. The van der Waals surface area contributed by atoms with Crippen molar-refractivity contribution >= 4 is 35.6 Å². The summed E-state index contributed by atoms with van der Waals surface area (Å²) >= 11 is 12.1. The van der Waals surface area contributed by atoms with E-state index in [0.717, 1.165) is 22.8 Å². The average molecular weight is 370 g/mol. The molecule has 2 aromatic heterocycles. The average Bonchev–Trinajstić information content (AvgIpc) is 2.97. The van der Waals surface area contributed by atoms with E-state index in [9.17, 15) is 0 Å². The summed E-state index contributed by atoms with van der Waals surface area (Å²) in [5.74, 6) is 1.58. The highest BCUT2D eigenvalue weighted by atomic mass is 35.5. The van der Waals surface area contributed by atoms with Crippen molar-refractivity contribution in [2.24, 2.45) is 0 Å². The van der Waals surface area contributed by atoms with Crippen LogP contribution in [0.25, 0.3) is 11.3 Å². The van der Waals surface area contributed by atoms with Crippen LogP contribution < -0.4 is 5.32 Å². The Morgan fingerprint density at radius 1 is 1.00 bits per heavy atom. The van der Waals surface area contributed by atoms with Gasteiger partial charge in [-0.2, -0.15) is 0 Å². The molecule has 0 amide bonds. The van der Waals surface area contributed by atoms with Gasteiger partial charge in [-0.25, -0.2) is 0 Å². The molecule has 3 aromatic rings. The molecule has 23 heavy (non-hydrogen) atoms. The minimum Gasteiger partial charge on any atom is -0.460 e. The summed E-state index contributed by atoms with van der Waals surface area (Å²) in [5, 5.41) is 4.48. The van der Waals surface area contributed by atoms with E-state index in [1.54, 1.807) is 18.3 Å². The van der Waals surface area contributed by atoms with Crippen LogP contribution in [0.5, 0.6) is 0 Å². The second-order valence-corrected chi connectivity index (χ2v) is 5.66. The summed E-state index contributed by atoms with van der Waals surface area (Å²) < 4.78 is 5.82. The largest absolute Gasteiger partial charge is 0.460 e. The molecule has 3 rings (SSSR count). The highest BCUT2D eigenvalue weighted by Gasteiger charge is 2.09. The number of halogens is 3. The summed E-state index contributed by atoms with van der Waals surface area (Å²) in [5.41, 5.74) is 1.83. The topological polar surface area (TPSA) is 38.1 Å². The van der Waals surface area contributed by atoms with Crippen molar-refractivity contribution in [1.82, 2.24) is 10.3 Å². The lowest BCUT2D eigenvalue weighted by molar-refractivity contribution is 0.492. The fourth-order valence-corrected chi connectivity index (χ4v) is 2.63. The predicted molar refractivity (Wildman–Crippen MR) is 96.2 cm³/mol. The van der Waals surface area contributed by atoms with E-state index in [4.69, 9.17) is 27.6 Å². The SMILES string of the molecule is Cl.Clc1ccc(-c2ccc(CNCc3ccccn3)o2)c(Cl)c1.